The van der Waals surface area contributed by atoms with E-state index in [-0.39, 0.29) is 24.2 Å². The van der Waals surface area contributed by atoms with Crippen LogP contribution in [-0.4, -0.2) is 44.4 Å². The molecular weight excluding hydrogens is 280 g/mol. The van der Waals surface area contributed by atoms with E-state index in [1.165, 1.54) is 12.8 Å². The van der Waals surface area contributed by atoms with E-state index in [0.717, 1.165) is 38.9 Å². The van der Waals surface area contributed by atoms with Gasteiger partial charge in [-0.05, 0) is 31.6 Å². The molecule has 0 aromatic heterocycles. The van der Waals surface area contributed by atoms with Crippen LogP contribution in [0.2, 0.25) is 0 Å². The number of carbonyl (C=O) groups excluding carboxylic acids is 1. The van der Waals surface area contributed by atoms with E-state index < -0.39 is 6.04 Å². The van der Waals surface area contributed by atoms with Gasteiger partial charge in [0.2, 0.25) is 5.91 Å². The number of hydrogen-bond donors (Lipinski definition) is 2. The van der Waals surface area contributed by atoms with Gasteiger partial charge in [-0.15, -0.1) is 12.4 Å². The second-order valence-corrected chi connectivity index (χ2v) is 5.54. The van der Waals surface area contributed by atoms with Crippen LogP contribution in [0.3, 0.4) is 0 Å². The van der Waals surface area contributed by atoms with Crippen molar-refractivity contribution in [2.75, 3.05) is 26.4 Å². The third-order valence-corrected chi connectivity index (χ3v) is 4.13. The molecule has 1 aliphatic carbocycles. The summed E-state index contributed by atoms with van der Waals surface area (Å²) in [5.41, 5.74) is 5.99. The zero-order chi connectivity index (χ0) is 13.5. The summed E-state index contributed by atoms with van der Waals surface area (Å²) in [6, 6.07) is -0.407. The summed E-state index contributed by atoms with van der Waals surface area (Å²) in [7, 11) is 0. The summed E-state index contributed by atoms with van der Waals surface area (Å²) in [5, 5.41) is 2.87. The highest BCUT2D eigenvalue weighted by Gasteiger charge is 2.26. The highest BCUT2D eigenvalue weighted by Crippen LogP contribution is 2.20. The molecular formula is C14H27ClN2O3. The van der Waals surface area contributed by atoms with Crippen molar-refractivity contribution in [3.8, 4) is 0 Å². The van der Waals surface area contributed by atoms with Gasteiger partial charge in [0.25, 0.3) is 0 Å². The van der Waals surface area contributed by atoms with E-state index in [2.05, 4.69) is 5.32 Å². The first-order chi connectivity index (χ1) is 9.27. The predicted molar refractivity (Wildman–Crippen MR) is 80.0 cm³/mol. The zero-order valence-electron chi connectivity index (χ0n) is 12.0. The first-order valence-electron chi connectivity index (χ1n) is 7.50. The number of halogens is 1. The van der Waals surface area contributed by atoms with E-state index in [0.29, 0.717) is 19.3 Å². The Bertz CT molecular complexity index is 280. The molecule has 3 N–H and O–H groups in total. The number of hydrogen-bond acceptors (Lipinski definition) is 4. The molecule has 2 rings (SSSR count). The summed E-state index contributed by atoms with van der Waals surface area (Å²) in [6.45, 7) is 2.59. The Balaban J connectivity index is 0.00000200. The van der Waals surface area contributed by atoms with Gasteiger partial charge in [0.1, 0.15) is 0 Å². The molecule has 0 radical (unpaired) electrons. The average molecular weight is 307 g/mol. The molecule has 1 saturated heterocycles. The zero-order valence-corrected chi connectivity index (χ0v) is 12.8. The van der Waals surface area contributed by atoms with E-state index >= 15 is 0 Å². The van der Waals surface area contributed by atoms with Crippen molar-refractivity contribution in [2.24, 2.45) is 11.7 Å². The van der Waals surface area contributed by atoms with Gasteiger partial charge < -0.3 is 20.5 Å². The van der Waals surface area contributed by atoms with Crippen molar-refractivity contribution in [3.05, 3.63) is 0 Å². The minimum atomic E-state index is -0.407. The van der Waals surface area contributed by atoms with Crippen molar-refractivity contribution >= 4 is 18.3 Å². The van der Waals surface area contributed by atoms with Crippen LogP contribution in [0.4, 0.5) is 0 Å². The standard InChI is InChI=1S/C14H26N2O3.ClH/c15-13(11-5-8-18-9-6-11)14(17)16-7-10-19-12-3-1-2-4-12;/h11-13H,1-10,15H2,(H,16,17);1H. The third-order valence-electron chi connectivity index (χ3n) is 4.13. The maximum atomic E-state index is 11.9. The topological polar surface area (TPSA) is 73.6 Å². The molecule has 5 nitrogen and oxygen atoms in total. The maximum absolute atomic E-state index is 11.9. The number of amides is 1. The highest BCUT2D eigenvalue weighted by atomic mass is 35.5. The molecule has 0 bridgehead atoms. The van der Waals surface area contributed by atoms with Gasteiger partial charge in [0.15, 0.2) is 0 Å². The Morgan fingerprint density at radius 3 is 2.55 bits per heavy atom. The first kappa shape index (κ1) is 17.7. The molecule has 0 spiro atoms. The lowest BCUT2D eigenvalue weighted by Gasteiger charge is -2.26. The summed E-state index contributed by atoms with van der Waals surface area (Å²) in [5.74, 6) is 0.200. The van der Waals surface area contributed by atoms with Crippen molar-refractivity contribution in [3.63, 3.8) is 0 Å². The second-order valence-electron chi connectivity index (χ2n) is 5.54. The number of carbonyl (C=O) groups is 1. The molecule has 1 aliphatic heterocycles. The molecule has 0 aromatic carbocycles. The normalized spacial score (nSPS) is 22.2. The Kier molecular flexibility index (Phi) is 8.45. The van der Waals surface area contributed by atoms with Gasteiger partial charge in [-0.1, -0.05) is 12.8 Å². The van der Waals surface area contributed by atoms with Gasteiger partial charge >= 0.3 is 0 Å². The SMILES string of the molecule is Cl.NC(C(=O)NCCOC1CCCC1)C1CCOCC1. The number of ether oxygens (including phenoxy) is 2. The van der Waals surface area contributed by atoms with Gasteiger partial charge in [-0.2, -0.15) is 0 Å². The molecule has 2 fully saturated rings. The molecule has 1 saturated carbocycles. The Hall–Kier alpha value is -0.360. The molecule has 118 valence electrons. The van der Waals surface area contributed by atoms with E-state index in [4.69, 9.17) is 15.2 Å². The lowest BCUT2D eigenvalue weighted by Crippen LogP contribution is -2.47. The van der Waals surface area contributed by atoms with Crippen LogP contribution in [0.15, 0.2) is 0 Å². The molecule has 1 unspecified atom stereocenters. The smallest absolute Gasteiger partial charge is 0.237 e. The summed E-state index contributed by atoms with van der Waals surface area (Å²) in [4.78, 5) is 11.9. The minimum Gasteiger partial charge on any atom is -0.381 e. The van der Waals surface area contributed by atoms with E-state index in [9.17, 15) is 4.79 Å². The molecule has 2 aliphatic rings. The Morgan fingerprint density at radius 1 is 1.25 bits per heavy atom. The van der Waals surface area contributed by atoms with Crippen LogP contribution in [-0.2, 0) is 14.3 Å². The van der Waals surface area contributed by atoms with Gasteiger partial charge in [0.05, 0.1) is 18.8 Å². The molecule has 20 heavy (non-hydrogen) atoms. The highest BCUT2D eigenvalue weighted by molar-refractivity contribution is 5.85. The van der Waals surface area contributed by atoms with Crippen LogP contribution in [0.1, 0.15) is 38.5 Å². The van der Waals surface area contributed by atoms with Crippen LogP contribution >= 0.6 is 12.4 Å². The van der Waals surface area contributed by atoms with Crippen molar-refractivity contribution in [2.45, 2.75) is 50.7 Å². The quantitative estimate of drug-likeness (QED) is 0.724. The second kappa shape index (κ2) is 9.55. The summed E-state index contributed by atoms with van der Waals surface area (Å²) in [6.07, 6.45) is 7.03. The third kappa shape index (κ3) is 5.56. The lowest BCUT2D eigenvalue weighted by molar-refractivity contribution is -0.124. The largest absolute Gasteiger partial charge is 0.381 e. The number of nitrogens with one attached hydrogen (secondary N) is 1. The molecule has 1 heterocycles. The Labute approximate surface area is 127 Å². The van der Waals surface area contributed by atoms with Crippen LogP contribution < -0.4 is 11.1 Å². The van der Waals surface area contributed by atoms with Gasteiger partial charge in [-0.25, -0.2) is 0 Å². The van der Waals surface area contributed by atoms with Crippen LogP contribution in [0.25, 0.3) is 0 Å². The summed E-state index contributed by atoms with van der Waals surface area (Å²) >= 11 is 0. The number of rotatable bonds is 6. The van der Waals surface area contributed by atoms with Crippen molar-refractivity contribution < 1.29 is 14.3 Å². The average Bonchev–Trinajstić information content (AvgIpc) is 2.96. The van der Waals surface area contributed by atoms with Gasteiger partial charge in [-0.3, -0.25) is 4.79 Å². The minimum absolute atomic E-state index is 0. The monoisotopic (exact) mass is 306 g/mol. The summed E-state index contributed by atoms with van der Waals surface area (Å²) < 4.78 is 11.0. The van der Waals surface area contributed by atoms with Crippen molar-refractivity contribution in [1.82, 2.24) is 5.32 Å². The molecule has 0 aromatic rings. The first-order valence-corrected chi connectivity index (χ1v) is 7.50. The predicted octanol–water partition coefficient (Wildman–Crippen LogP) is 1.24. The van der Waals surface area contributed by atoms with Crippen molar-refractivity contribution in [1.29, 1.82) is 0 Å². The fourth-order valence-electron chi connectivity index (χ4n) is 2.86. The molecule has 1 amide bonds. The molecule has 6 heteroatoms. The lowest BCUT2D eigenvalue weighted by atomic mass is 9.92. The van der Waals surface area contributed by atoms with E-state index in [1.54, 1.807) is 0 Å². The van der Waals surface area contributed by atoms with Crippen LogP contribution in [0, 0.1) is 5.92 Å². The fraction of sp³-hybridized carbons (Fsp3) is 0.929. The fourth-order valence-corrected chi connectivity index (χ4v) is 2.86. The van der Waals surface area contributed by atoms with Crippen LogP contribution in [0.5, 0.6) is 0 Å². The van der Waals surface area contributed by atoms with Gasteiger partial charge in [0, 0.05) is 19.8 Å². The molecule has 1 atom stereocenters. The maximum Gasteiger partial charge on any atom is 0.237 e. The Morgan fingerprint density at radius 2 is 1.90 bits per heavy atom. The number of nitrogens with two attached hydrogens (primary N) is 1. The van der Waals surface area contributed by atoms with E-state index in [1.807, 2.05) is 0 Å².